The third-order valence-corrected chi connectivity index (χ3v) is 2.99. The maximum atomic E-state index is 5.62. The molecule has 0 aromatic heterocycles. The number of likely N-dealkylation sites (N-methyl/N-ethyl adjacent to an activating group) is 1. The zero-order valence-electron chi connectivity index (χ0n) is 10.5. The summed E-state index contributed by atoms with van der Waals surface area (Å²) in [5.41, 5.74) is 0. The Morgan fingerprint density at radius 2 is 1.73 bits per heavy atom. The Balaban J connectivity index is 1.91. The van der Waals surface area contributed by atoms with Gasteiger partial charge in [0, 0.05) is 39.3 Å². The molecule has 0 spiro atoms. The quantitative estimate of drug-likeness (QED) is 0.620. The second-order valence-electron chi connectivity index (χ2n) is 4.94. The fourth-order valence-electron chi connectivity index (χ4n) is 1.69. The van der Waals surface area contributed by atoms with Gasteiger partial charge < -0.3 is 9.64 Å². The first kappa shape index (κ1) is 12.9. The topological polar surface area (TPSA) is 15.7 Å². The van der Waals surface area contributed by atoms with Crippen molar-refractivity contribution in [2.45, 2.75) is 20.3 Å². The summed E-state index contributed by atoms with van der Waals surface area (Å²) < 4.78 is 5.62. The molecule has 0 aliphatic carbocycles. The molecular weight excluding hydrogens is 188 g/mol. The van der Waals surface area contributed by atoms with Crippen LogP contribution in [0.4, 0.5) is 0 Å². The van der Waals surface area contributed by atoms with E-state index >= 15 is 0 Å². The largest absolute Gasteiger partial charge is 0.380 e. The van der Waals surface area contributed by atoms with Crippen molar-refractivity contribution in [3.63, 3.8) is 0 Å². The van der Waals surface area contributed by atoms with Crippen molar-refractivity contribution in [2.24, 2.45) is 5.92 Å². The molecule has 0 aromatic carbocycles. The lowest BCUT2D eigenvalue weighted by Gasteiger charge is -2.32. The number of piperazine rings is 1. The van der Waals surface area contributed by atoms with E-state index < -0.39 is 0 Å². The molecule has 1 aliphatic rings. The fourth-order valence-corrected chi connectivity index (χ4v) is 1.69. The maximum absolute atomic E-state index is 5.62. The van der Waals surface area contributed by atoms with Gasteiger partial charge in [0.05, 0.1) is 6.61 Å². The molecule has 1 heterocycles. The Morgan fingerprint density at radius 1 is 1.07 bits per heavy atom. The Morgan fingerprint density at radius 3 is 2.33 bits per heavy atom. The maximum Gasteiger partial charge on any atom is 0.0593 e. The summed E-state index contributed by atoms with van der Waals surface area (Å²) in [6.07, 6.45) is 1.18. The molecule has 1 saturated heterocycles. The van der Waals surface area contributed by atoms with Gasteiger partial charge in [0.2, 0.25) is 0 Å². The summed E-state index contributed by atoms with van der Waals surface area (Å²) in [5.74, 6) is 0.758. The van der Waals surface area contributed by atoms with Gasteiger partial charge in [0.1, 0.15) is 0 Å². The van der Waals surface area contributed by atoms with E-state index in [0.29, 0.717) is 0 Å². The van der Waals surface area contributed by atoms with E-state index in [4.69, 9.17) is 4.74 Å². The average molecular weight is 214 g/mol. The van der Waals surface area contributed by atoms with Crippen LogP contribution in [0.15, 0.2) is 0 Å². The van der Waals surface area contributed by atoms with E-state index in [0.717, 1.165) is 25.7 Å². The van der Waals surface area contributed by atoms with Gasteiger partial charge >= 0.3 is 0 Å². The Kier molecular flexibility index (Phi) is 6.22. The van der Waals surface area contributed by atoms with Gasteiger partial charge in [-0.3, -0.25) is 4.90 Å². The van der Waals surface area contributed by atoms with Gasteiger partial charge in [-0.1, -0.05) is 13.8 Å². The summed E-state index contributed by atoms with van der Waals surface area (Å²) in [6.45, 7) is 12.2. The lowest BCUT2D eigenvalue weighted by Crippen LogP contribution is -2.45. The zero-order chi connectivity index (χ0) is 11.1. The van der Waals surface area contributed by atoms with Crippen LogP contribution in [0, 0.1) is 5.92 Å². The van der Waals surface area contributed by atoms with Crippen LogP contribution in [-0.2, 0) is 4.74 Å². The van der Waals surface area contributed by atoms with Crippen LogP contribution in [0.2, 0.25) is 0 Å². The van der Waals surface area contributed by atoms with E-state index in [2.05, 4.69) is 30.7 Å². The number of nitrogens with zero attached hydrogens (tertiary/aromatic N) is 2. The van der Waals surface area contributed by atoms with Crippen molar-refractivity contribution < 1.29 is 4.74 Å². The highest BCUT2D eigenvalue weighted by molar-refractivity contribution is 4.68. The smallest absolute Gasteiger partial charge is 0.0593 e. The van der Waals surface area contributed by atoms with Crippen molar-refractivity contribution in [3.8, 4) is 0 Å². The molecule has 0 N–H and O–H groups in total. The average Bonchev–Trinajstić information content (AvgIpc) is 2.20. The molecule has 0 saturated carbocycles. The first-order valence-corrected chi connectivity index (χ1v) is 6.17. The predicted octanol–water partition coefficient (Wildman–Crippen LogP) is 1.30. The lowest BCUT2D eigenvalue weighted by atomic mass is 10.1. The van der Waals surface area contributed by atoms with Crippen LogP contribution in [0.3, 0.4) is 0 Å². The molecule has 90 valence electrons. The molecule has 0 bridgehead atoms. The first-order chi connectivity index (χ1) is 7.18. The van der Waals surface area contributed by atoms with Crippen LogP contribution in [0.5, 0.6) is 0 Å². The van der Waals surface area contributed by atoms with Gasteiger partial charge in [-0.2, -0.15) is 0 Å². The monoisotopic (exact) mass is 214 g/mol. The molecule has 1 aliphatic heterocycles. The lowest BCUT2D eigenvalue weighted by molar-refractivity contribution is 0.0770. The third kappa shape index (κ3) is 6.13. The Hall–Kier alpha value is -0.120. The minimum atomic E-state index is 0.758. The Bertz CT molecular complexity index is 154. The molecule has 0 atom stereocenters. The standard InChI is InChI=1S/C12H26N2O/c1-12(2)4-10-15-11-9-14-7-5-13(3)6-8-14/h12H,4-11H2,1-3H3. The van der Waals surface area contributed by atoms with E-state index in [-0.39, 0.29) is 0 Å². The zero-order valence-corrected chi connectivity index (χ0v) is 10.5. The summed E-state index contributed by atoms with van der Waals surface area (Å²) >= 11 is 0. The minimum absolute atomic E-state index is 0.758. The van der Waals surface area contributed by atoms with Gasteiger partial charge in [-0.25, -0.2) is 0 Å². The molecule has 1 rings (SSSR count). The molecule has 0 radical (unpaired) electrons. The van der Waals surface area contributed by atoms with Crippen molar-refractivity contribution in [3.05, 3.63) is 0 Å². The van der Waals surface area contributed by atoms with Crippen LogP contribution in [-0.4, -0.2) is 62.8 Å². The highest BCUT2D eigenvalue weighted by atomic mass is 16.5. The summed E-state index contributed by atoms with van der Waals surface area (Å²) in [5, 5.41) is 0. The molecule has 3 heteroatoms. The number of rotatable bonds is 6. The minimum Gasteiger partial charge on any atom is -0.380 e. The SMILES string of the molecule is CC(C)CCOCCN1CCN(C)CC1. The van der Waals surface area contributed by atoms with Crippen LogP contribution in [0.1, 0.15) is 20.3 Å². The predicted molar refractivity (Wildman–Crippen MR) is 64.2 cm³/mol. The van der Waals surface area contributed by atoms with Crippen LogP contribution < -0.4 is 0 Å². The normalized spacial score (nSPS) is 20.0. The van der Waals surface area contributed by atoms with Crippen LogP contribution >= 0.6 is 0 Å². The van der Waals surface area contributed by atoms with Crippen molar-refractivity contribution in [2.75, 3.05) is 53.0 Å². The van der Waals surface area contributed by atoms with E-state index in [1.165, 1.54) is 32.6 Å². The highest BCUT2D eigenvalue weighted by Gasteiger charge is 2.12. The molecule has 1 fully saturated rings. The van der Waals surface area contributed by atoms with Crippen molar-refractivity contribution in [1.29, 1.82) is 0 Å². The van der Waals surface area contributed by atoms with Gasteiger partial charge in [0.15, 0.2) is 0 Å². The molecule has 0 amide bonds. The van der Waals surface area contributed by atoms with Gasteiger partial charge in [-0.05, 0) is 19.4 Å². The van der Waals surface area contributed by atoms with E-state index in [9.17, 15) is 0 Å². The Labute approximate surface area is 94.4 Å². The highest BCUT2D eigenvalue weighted by Crippen LogP contribution is 2.00. The summed E-state index contributed by atoms with van der Waals surface area (Å²) in [7, 11) is 2.19. The molecular formula is C12H26N2O. The molecule has 0 aromatic rings. The van der Waals surface area contributed by atoms with Crippen LogP contribution in [0.25, 0.3) is 0 Å². The molecule has 3 nitrogen and oxygen atoms in total. The van der Waals surface area contributed by atoms with E-state index in [1.807, 2.05) is 0 Å². The second-order valence-corrected chi connectivity index (χ2v) is 4.94. The second kappa shape index (κ2) is 7.20. The summed E-state index contributed by atoms with van der Waals surface area (Å²) in [6, 6.07) is 0. The summed E-state index contributed by atoms with van der Waals surface area (Å²) in [4.78, 5) is 4.88. The third-order valence-electron chi connectivity index (χ3n) is 2.99. The number of hydrogen-bond acceptors (Lipinski definition) is 3. The number of ether oxygens (including phenoxy) is 1. The number of hydrogen-bond donors (Lipinski definition) is 0. The molecule has 0 unspecified atom stereocenters. The van der Waals surface area contributed by atoms with E-state index in [1.54, 1.807) is 0 Å². The first-order valence-electron chi connectivity index (χ1n) is 6.17. The van der Waals surface area contributed by atoms with Gasteiger partial charge in [0.25, 0.3) is 0 Å². The molecule has 15 heavy (non-hydrogen) atoms. The fraction of sp³-hybridized carbons (Fsp3) is 1.00. The van der Waals surface area contributed by atoms with Gasteiger partial charge in [-0.15, -0.1) is 0 Å². The van der Waals surface area contributed by atoms with Crippen molar-refractivity contribution in [1.82, 2.24) is 9.80 Å². The van der Waals surface area contributed by atoms with Crippen molar-refractivity contribution >= 4 is 0 Å².